The maximum atomic E-state index is 5.92. The zero-order chi connectivity index (χ0) is 9.54. The van der Waals surface area contributed by atoms with Gasteiger partial charge in [-0.1, -0.05) is 0 Å². The van der Waals surface area contributed by atoms with Gasteiger partial charge in [-0.25, -0.2) is 0 Å². The van der Waals surface area contributed by atoms with Gasteiger partial charge in [0.2, 0.25) is 0 Å². The number of hydrogen-bond donors (Lipinski definition) is 2. The Balaban J connectivity index is 1.92. The molecule has 3 rings (SSSR count). The molecule has 2 atom stereocenters. The zero-order valence-electron chi connectivity index (χ0n) is 8.12. The number of ether oxygens (including phenoxy) is 1. The van der Waals surface area contributed by atoms with Gasteiger partial charge in [0, 0.05) is 30.7 Å². The van der Waals surface area contributed by atoms with Crippen LogP contribution in [0.5, 0.6) is 0 Å². The van der Waals surface area contributed by atoms with Gasteiger partial charge in [0.1, 0.15) is 0 Å². The molecule has 0 radical (unpaired) electrons. The first-order valence-corrected chi connectivity index (χ1v) is 5.24. The van der Waals surface area contributed by atoms with Crippen molar-refractivity contribution in [1.29, 1.82) is 0 Å². The van der Waals surface area contributed by atoms with Gasteiger partial charge < -0.3 is 10.5 Å². The highest BCUT2D eigenvalue weighted by Crippen LogP contribution is 2.31. The molecule has 4 heteroatoms. The summed E-state index contributed by atoms with van der Waals surface area (Å²) in [6.07, 6.45) is 3.04. The number of fused-ring (bicyclic) bond motifs is 1. The summed E-state index contributed by atoms with van der Waals surface area (Å²) in [6.45, 7) is 1.70. The minimum Gasteiger partial charge on any atom is -0.381 e. The van der Waals surface area contributed by atoms with E-state index in [0.717, 1.165) is 32.5 Å². The Morgan fingerprint density at radius 3 is 3.14 bits per heavy atom. The molecule has 2 unspecified atom stereocenters. The second kappa shape index (κ2) is 3.07. The lowest BCUT2D eigenvalue weighted by Crippen LogP contribution is -2.20. The van der Waals surface area contributed by atoms with E-state index in [0.29, 0.717) is 12.0 Å². The molecular weight excluding hydrogens is 178 g/mol. The van der Waals surface area contributed by atoms with E-state index in [9.17, 15) is 0 Å². The molecule has 0 bridgehead atoms. The lowest BCUT2D eigenvalue weighted by atomic mass is 10.00. The van der Waals surface area contributed by atoms with E-state index in [-0.39, 0.29) is 0 Å². The van der Waals surface area contributed by atoms with Crippen LogP contribution in [-0.4, -0.2) is 29.5 Å². The van der Waals surface area contributed by atoms with Crippen LogP contribution in [0.2, 0.25) is 0 Å². The quantitative estimate of drug-likeness (QED) is 0.676. The largest absolute Gasteiger partial charge is 0.381 e. The summed E-state index contributed by atoms with van der Waals surface area (Å²) in [6, 6.07) is 0.292. The number of H-pyrrole nitrogens is 1. The fraction of sp³-hybridized carbons (Fsp3) is 0.700. The molecule has 14 heavy (non-hydrogen) atoms. The van der Waals surface area contributed by atoms with E-state index in [1.165, 1.54) is 17.0 Å². The molecular formula is C10H15N3O. The van der Waals surface area contributed by atoms with E-state index in [4.69, 9.17) is 10.5 Å². The van der Waals surface area contributed by atoms with Crippen LogP contribution in [0.4, 0.5) is 0 Å². The van der Waals surface area contributed by atoms with Gasteiger partial charge in [0.25, 0.3) is 0 Å². The summed E-state index contributed by atoms with van der Waals surface area (Å²) < 4.78 is 5.38. The highest BCUT2D eigenvalue weighted by atomic mass is 16.5. The molecule has 0 aromatic carbocycles. The second-order valence-corrected chi connectivity index (χ2v) is 4.29. The Bertz CT molecular complexity index is 341. The maximum absolute atomic E-state index is 5.92. The van der Waals surface area contributed by atoms with Gasteiger partial charge in [-0.2, -0.15) is 5.10 Å². The molecule has 1 aromatic rings. The van der Waals surface area contributed by atoms with E-state index in [2.05, 4.69) is 10.2 Å². The standard InChI is InChI=1S/C10H15N3O/c11-7-3-8-9(4-7)12-13-10(8)6-1-2-14-5-6/h6-7H,1-5,11H2,(H,12,13). The van der Waals surface area contributed by atoms with Crippen molar-refractivity contribution in [1.82, 2.24) is 10.2 Å². The van der Waals surface area contributed by atoms with Crippen molar-refractivity contribution in [3.05, 3.63) is 17.0 Å². The predicted octanol–water partition coefficient (Wildman–Crippen LogP) is 0.339. The van der Waals surface area contributed by atoms with Crippen LogP contribution in [-0.2, 0) is 17.6 Å². The number of nitrogens with two attached hydrogens (primary N) is 1. The van der Waals surface area contributed by atoms with Crippen LogP contribution >= 0.6 is 0 Å². The maximum Gasteiger partial charge on any atom is 0.0712 e. The molecule has 1 aliphatic heterocycles. The van der Waals surface area contributed by atoms with Crippen molar-refractivity contribution in [2.45, 2.75) is 31.2 Å². The highest BCUT2D eigenvalue weighted by molar-refractivity contribution is 5.34. The summed E-state index contributed by atoms with van der Waals surface area (Å²) in [4.78, 5) is 0. The average Bonchev–Trinajstić information content (AvgIpc) is 2.77. The van der Waals surface area contributed by atoms with E-state index in [1.54, 1.807) is 0 Å². The second-order valence-electron chi connectivity index (χ2n) is 4.29. The Morgan fingerprint density at radius 1 is 1.43 bits per heavy atom. The third-order valence-electron chi connectivity index (χ3n) is 3.23. The van der Waals surface area contributed by atoms with Crippen LogP contribution in [0.1, 0.15) is 29.3 Å². The fourth-order valence-corrected chi connectivity index (χ4v) is 2.50. The Kier molecular flexibility index (Phi) is 1.85. The van der Waals surface area contributed by atoms with Crippen molar-refractivity contribution in [2.75, 3.05) is 13.2 Å². The Hall–Kier alpha value is -0.870. The Labute approximate surface area is 82.8 Å². The van der Waals surface area contributed by atoms with Crippen molar-refractivity contribution < 1.29 is 4.74 Å². The van der Waals surface area contributed by atoms with Crippen LogP contribution in [0.25, 0.3) is 0 Å². The molecule has 76 valence electrons. The highest BCUT2D eigenvalue weighted by Gasteiger charge is 2.29. The van der Waals surface area contributed by atoms with E-state index in [1.807, 2.05) is 0 Å². The average molecular weight is 193 g/mol. The minimum atomic E-state index is 0.292. The van der Waals surface area contributed by atoms with Gasteiger partial charge in [-0.3, -0.25) is 5.10 Å². The first-order valence-electron chi connectivity index (χ1n) is 5.24. The predicted molar refractivity (Wildman–Crippen MR) is 52.1 cm³/mol. The molecule has 3 N–H and O–H groups in total. The third-order valence-corrected chi connectivity index (χ3v) is 3.23. The van der Waals surface area contributed by atoms with E-state index < -0.39 is 0 Å². The van der Waals surface area contributed by atoms with Gasteiger partial charge in [-0.15, -0.1) is 0 Å². The number of rotatable bonds is 1. The molecule has 0 amide bonds. The number of aromatic nitrogens is 2. The van der Waals surface area contributed by atoms with Gasteiger partial charge in [-0.05, 0) is 18.4 Å². The van der Waals surface area contributed by atoms with Crippen molar-refractivity contribution >= 4 is 0 Å². The summed E-state index contributed by atoms with van der Waals surface area (Å²) >= 11 is 0. The minimum absolute atomic E-state index is 0.292. The molecule has 1 fully saturated rings. The smallest absolute Gasteiger partial charge is 0.0712 e. The zero-order valence-corrected chi connectivity index (χ0v) is 8.12. The molecule has 2 heterocycles. The summed E-state index contributed by atoms with van der Waals surface area (Å²) in [5, 5.41) is 7.50. The SMILES string of the molecule is NC1Cc2[nH]nc(C3CCOC3)c2C1. The van der Waals surface area contributed by atoms with Crippen LogP contribution in [0, 0.1) is 0 Å². The fourth-order valence-electron chi connectivity index (χ4n) is 2.50. The van der Waals surface area contributed by atoms with Crippen molar-refractivity contribution in [3.8, 4) is 0 Å². The molecule has 1 saturated heterocycles. The van der Waals surface area contributed by atoms with Gasteiger partial charge >= 0.3 is 0 Å². The summed E-state index contributed by atoms with van der Waals surface area (Å²) in [5.41, 5.74) is 9.75. The Morgan fingerprint density at radius 2 is 2.36 bits per heavy atom. The first-order chi connectivity index (χ1) is 6.84. The van der Waals surface area contributed by atoms with Crippen molar-refractivity contribution in [3.63, 3.8) is 0 Å². The molecule has 2 aliphatic rings. The number of nitrogens with one attached hydrogen (secondary N) is 1. The monoisotopic (exact) mass is 193 g/mol. The lowest BCUT2D eigenvalue weighted by molar-refractivity contribution is 0.193. The van der Waals surface area contributed by atoms with E-state index >= 15 is 0 Å². The summed E-state index contributed by atoms with van der Waals surface area (Å²) in [7, 11) is 0. The molecule has 1 aromatic heterocycles. The summed E-state index contributed by atoms with van der Waals surface area (Å²) in [5.74, 6) is 0.500. The van der Waals surface area contributed by atoms with Gasteiger partial charge in [0.05, 0.1) is 12.3 Å². The normalized spacial score (nSPS) is 30.9. The third kappa shape index (κ3) is 1.18. The number of aromatic amines is 1. The molecule has 0 spiro atoms. The first kappa shape index (κ1) is 8.44. The number of hydrogen-bond acceptors (Lipinski definition) is 3. The molecule has 0 saturated carbocycles. The van der Waals surface area contributed by atoms with Crippen molar-refractivity contribution in [2.24, 2.45) is 5.73 Å². The molecule has 1 aliphatic carbocycles. The molecule has 4 nitrogen and oxygen atoms in total. The van der Waals surface area contributed by atoms with Crippen LogP contribution < -0.4 is 5.73 Å². The van der Waals surface area contributed by atoms with Crippen LogP contribution in [0.15, 0.2) is 0 Å². The number of nitrogens with zero attached hydrogens (tertiary/aromatic N) is 1. The van der Waals surface area contributed by atoms with Crippen LogP contribution in [0.3, 0.4) is 0 Å². The van der Waals surface area contributed by atoms with Gasteiger partial charge in [0.15, 0.2) is 0 Å². The lowest BCUT2D eigenvalue weighted by Gasteiger charge is -2.06. The topological polar surface area (TPSA) is 63.9 Å².